The summed E-state index contributed by atoms with van der Waals surface area (Å²) in [6.07, 6.45) is 5.03. The molecule has 0 spiro atoms. The minimum Gasteiger partial charge on any atom is -0.369 e. The molecule has 30 heavy (non-hydrogen) atoms. The molecule has 0 bridgehead atoms. The summed E-state index contributed by atoms with van der Waals surface area (Å²) in [4.78, 5) is 18.4. The minimum absolute atomic E-state index is 0. The number of amides is 1. The standard InChI is InChI=1S/C21H39N7O.HI/c1-4-23-21(25-11-7-13-28-18(3)16-17(2)26-28)24-10-5-6-12-27-14-8-19(9-15-27)20(22)29;/h16,19H,4-15H2,1-3H3,(H2,22,29)(H2,23,24,25);1H. The second-order valence-corrected chi connectivity index (χ2v) is 7.92. The molecule has 0 radical (unpaired) electrons. The predicted molar refractivity (Wildman–Crippen MR) is 133 cm³/mol. The summed E-state index contributed by atoms with van der Waals surface area (Å²) in [6.45, 7) is 12.7. The molecule has 1 saturated heterocycles. The van der Waals surface area contributed by atoms with Crippen LogP contribution in [-0.2, 0) is 11.3 Å². The number of halogens is 1. The van der Waals surface area contributed by atoms with Crippen molar-refractivity contribution in [3.8, 4) is 0 Å². The van der Waals surface area contributed by atoms with E-state index in [2.05, 4.69) is 50.2 Å². The van der Waals surface area contributed by atoms with Gasteiger partial charge in [0.1, 0.15) is 0 Å². The number of nitrogens with zero attached hydrogens (tertiary/aromatic N) is 4. The highest BCUT2D eigenvalue weighted by Crippen LogP contribution is 2.16. The number of guanidine groups is 1. The Balaban J connectivity index is 0.00000450. The Kier molecular flexibility index (Phi) is 13.0. The fraction of sp³-hybridized carbons (Fsp3) is 0.762. The van der Waals surface area contributed by atoms with E-state index in [1.54, 1.807) is 0 Å². The molecule has 0 aromatic carbocycles. The molecular formula is C21H40IN7O. The molecule has 0 unspecified atom stereocenters. The molecule has 1 aromatic rings. The molecule has 0 saturated carbocycles. The van der Waals surface area contributed by atoms with Gasteiger partial charge >= 0.3 is 0 Å². The maximum atomic E-state index is 11.2. The average Bonchev–Trinajstić information content (AvgIpc) is 3.02. The quantitative estimate of drug-likeness (QED) is 0.175. The third-order valence-corrected chi connectivity index (χ3v) is 5.43. The van der Waals surface area contributed by atoms with Gasteiger partial charge in [0.25, 0.3) is 0 Å². The number of aliphatic imine (C=N–C) groups is 1. The maximum absolute atomic E-state index is 11.2. The lowest BCUT2D eigenvalue weighted by Gasteiger charge is -2.30. The number of aromatic nitrogens is 2. The van der Waals surface area contributed by atoms with E-state index >= 15 is 0 Å². The Morgan fingerprint density at radius 1 is 1.20 bits per heavy atom. The molecule has 1 amide bonds. The van der Waals surface area contributed by atoms with Crippen molar-refractivity contribution in [3.63, 3.8) is 0 Å². The van der Waals surface area contributed by atoms with Crippen molar-refractivity contribution >= 4 is 35.8 Å². The fourth-order valence-corrected chi connectivity index (χ4v) is 3.76. The zero-order chi connectivity index (χ0) is 21.1. The summed E-state index contributed by atoms with van der Waals surface area (Å²) >= 11 is 0. The normalized spacial score (nSPS) is 15.6. The van der Waals surface area contributed by atoms with E-state index in [4.69, 9.17) is 5.73 Å². The maximum Gasteiger partial charge on any atom is 0.220 e. The van der Waals surface area contributed by atoms with E-state index in [1.807, 2.05) is 6.92 Å². The van der Waals surface area contributed by atoms with Gasteiger partial charge in [0, 0.05) is 37.8 Å². The van der Waals surface area contributed by atoms with Gasteiger partial charge in [-0.1, -0.05) is 0 Å². The van der Waals surface area contributed by atoms with Crippen LogP contribution in [0.5, 0.6) is 0 Å². The molecule has 8 nitrogen and oxygen atoms in total. The number of nitrogens with two attached hydrogens (primary N) is 1. The average molecular weight is 534 g/mol. The van der Waals surface area contributed by atoms with Crippen molar-refractivity contribution in [2.75, 3.05) is 39.3 Å². The second-order valence-electron chi connectivity index (χ2n) is 7.92. The van der Waals surface area contributed by atoms with Crippen LogP contribution in [0.1, 0.15) is 50.4 Å². The second kappa shape index (κ2) is 14.6. The SMILES string of the molecule is CCNC(=NCCCn1nc(C)cc1C)NCCCCN1CCC(C(N)=O)CC1.I. The van der Waals surface area contributed by atoms with Gasteiger partial charge in [0.15, 0.2) is 5.96 Å². The van der Waals surface area contributed by atoms with Crippen molar-refractivity contribution in [2.45, 2.75) is 59.4 Å². The number of carbonyl (C=O) groups is 1. The van der Waals surface area contributed by atoms with Crippen LogP contribution >= 0.6 is 24.0 Å². The van der Waals surface area contributed by atoms with Crippen LogP contribution in [0.4, 0.5) is 0 Å². The predicted octanol–water partition coefficient (Wildman–Crippen LogP) is 2.04. The Labute approximate surface area is 198 Å². The van der Waals surface area contributed by atoms with Crippen molar-refractivity contribution < 1.29 is 4.79 Å². The summed E-state index contributed by atoms with van der Waals surface area (Å²) in [6, 6.07) is 2.11. The number of nitrogens with one attached hydrogen (secondary N) is 2. The topological polar surface area (TPSA) is 101 Å². The Morgan fingerprint density at radius 2 is 1.93 bits per heavy atom. The fourth-order valence-electron chi connectivity index (χ4n) is 3.76. The van der Waals surface area contributed by atoms with Gasteiger partial charge in [-0.2, -0.15) is 5.10 Å². The van der Waals surface area contributed by atoms with Gasteiger partial charge in [0.2, 0.25) is 5.91 Å². The molecule has 172 valence electrons. The molecule has 1 aliphatic heterocycles. The van der Waals surface area contributed by atoms with Gasteiger partial charge < -0.3 is 21.3 Å². The molecule has 1 aliphatic rings. The van der Waals surface area contributed by atoms with E-state index in [1.165, 1.54) is 5.69 Å². The molecule has 1 aromatic heterocycles. The Bertz CT molecular complexity index is 654. The van der Waals surface area contributed by atoms with Crippen LogP contribution < -0.4 is 16.4 Å². The van der Waals surface area contributed by atoms with Crippen molar-refractivity contribution in [1.82, 2.24) is 25.3 Å². The number of piperidine rings is 1. The smallest absolute Gasteiger partial charge is 0.220 e. The Morgan fingerprint density at radius 3 is 2.53 bits per heavy atom. The third kappa shape index (κ3) is 9.63. The molecule has 1 fully saturated rings. The molecule has 2 rings (SSSR count). The first-order valence-electron chi connectivity index (χ1n) is 11.0. The van der Waals surface area contributed by atoms with Crippen LogP contribution in [0.2, 0.25) is 0 Å². The molecular weight excluding hydrogens is 493 g/mol. The molecule has 0 atom stereocenters. The number of hydrogen-bond donors (Lipinski definition) is 3. The highest BCUT2D eigenvalue weighted by atomic mass is 127. The zero-order valence-electron chi connectivity index (χ0n) is 18.8. The lowest BCUT2D eigenvalue weighted by atomic mass is 9.96. The van der Waals surface area contributed by atoms with Gasteiger partial charge in [-0.15, -0.1) is 24.0 Å². The van der Waals surface area contributed by atoms with Crippen LogP contribution in [-0.4, -0.2) is 65.8 Å². The van der Waals surface area contributed by atoms with Gasteiger partial charge in [0.05, 0.1) is 5.69 Å². The van der Waals surface area contributed by atoms with E-state index in [-0.39, 0.29) is 35.8 Å². The lowest BCUT2D eigenvalue weighted by Crippen LogP contribution is -2.39. The molecule has 0 aliphatic carbocycles. The number of unbranched alkanes of at least 4 members (excludes halogenated alkanes) is 1. The summed E-state index contributed by atoms with van der Waals surface area (Å²) in [5, 5.41) is 11.2. The molecule has 2 heterocycles. The van der Waals surface area contributed by atoms with Crippen molar-refractivity contribution in [2.24, 2.45) is 16.6 Å². The monoisotopic (exact) mass is 533 g/mol. The zero-order valence-corrected chi connectivity index (χ0v) is 21.2. The van der Waals surface area contributed by atoms with Gasteiger partial charge in [-0.05, 0) is 78.6 Å². The first-order chi connectivity index (χ1) is 14.0. The number of primary amides is 1. The minimum atomic E-state index is -0.140. The van der Waals surface area contributed by atoms with Crippen LogP contribution in [0.25, 0.3) is 0 Å². The van der Waals surface area contributed by atoms with Crippen LogP contribution in [0, 0.1) is 19.8 Å². The number of hydrogen-bond acceptors (Lipinski definition) is 4. The van der Waals surface area contributed by atoms with E-state index in [0.717, 1.165) is 89.6 Å². The first kappa shape index (κ1) is 26.7. The summed E-state index contributed by atoms with van der Waals surface area (Å²) < 4.78 is 2.05. The van der Waals surface area contributed by atoms with E-state index < -0.39 is 0 Å². The highest BCUT2D eigenvalue weighted by molar-refractivity contribution is 14.0. The number of likely N-dealkylation sites (tertiary alicyclic amines) is 1. The largest absolute Gasteiger partial charge is 0.369 e. The Hall–Kier alpha value is -1.36. The lowest BCUT2D eigenvalue weighted by molar-refractivity contribution is -0.123. The highest BCUT2D eigenvalue weighted by Gasteiger charge is 2.22. The van der Waals surface area contributed by atoms with E-state index in [9.17, 15) is 4.79 Å². The summed E-state index contributed by atoms with van der Waals surface area (Å²) in [5.41, 5.74) is 7.67. The first-order valence-corrected chi connectivity index (χ1v) is 11.0. The number of carbonyl (C=O) groups excluding carboxylic acids is 1. The third-order valence-electron chi connectivity index (χ3n) is 5.43. The van der Waals surface area contributed by atoms with Crippen LogP contribution in [0.3, 0.4) is 0 Å². The molecule has 4 N–H and O–H groups in total. The van der Waals surface area contributed by atoms with E-state index in [0.29, 0.717) is 0 Å². The van der Waals surface area contributed by atoms with Gasteiger partial charge in [-0.3, -0.25) is 14.5 Å². The molecule has 9 heteroatoms. The van der Waals surface area contributed by atoms with Gasteiger partial charge in [-0.25, -0.2) is 0 Å². The van der Waals surface area contributed by atoms with Crippen molar-refractivity contribution in [3.05, 3.63) is 17.5 Å². The summed E-state index contributed by atoms with van der Waals surface area (Å²) in [7, 11) is 0. The number of aryl methyl sites for hydroxylation is 3. The van der Waals surface area contributed by atoms with Crippen molar-refractivity contribution in [1.29, 1.82) is 0 Å². The number of rotatable bonds is 11. The summed E-state index contributed by atoms with van der Waals surface area (Å²) in [5.74, 6) is 0.829. The van der Waals surface area contributed by atoms with Crippen LogP contribution in [0.15, 0.2) is 11.1 Å².